The second-order valence-electron chi connectivity index (χ2n) is 5.08. The lowest BCUT2D eigenvalue weighted by Gasteiger charge is -2.09. The van der Waals surface area contributed by atoms with Crippen LogP contribution in [-0.4, -0.2) is 12.6 Å². The normalized spacial score (nSPS) is 12.2. The van der Waals surface area contributed by atoms with E-state index in [9.17, 15) is 13.2 Å². The minimum atomic E-state index is -4.69. The van der Waals surface area contributed by atoms with Gasteiger partial charge in [0, 0.05) is 12.6 Å². The Hall–Kier alpha value is -2.55. The number of benzene rings is 1. The monoisotopic (exact) mass is 336 g/mol. The number of nitriles is 1. The van der Waals surface area contributed by atoms with Crippen LogP contribution in [0, 0.1) is 16.7 Å². The predicted octanol–water partition coefficient (Wildman–Crippen LogP) is 5.34. The van der Waals surface area contributed by atoms with E-state index in [0.29, 0.717) is 18.4 Å². The summed E-state index contributed by atoms with van der Waals surface area (Å²) in [6.45, 7) is 0. The summed E-state index contributed by atoms with van der Waals surface area (Å²) in [5.41, 5.74) is 1.55. The van der Waals surface area contributed by atoms with E-state index in [1.165, 1.54) is 24.4 Å². The fourth-order valence-electron chi connectivity index (χ4n) is 2.00. The van der Waals surface area contributed by atoms with Gasteiger partial charge in [-0.1, -0.05) is 30.4 Å². The molecular formula is C18H19F3N2O. The van der Waals surface area contributed by atoms with Crippen molar-refractivity contribution in [3.8, 4) is 11.8 Å². The number of halogens is 3. The zero-order chi connectivity index (χ0) is 17.8. The number of ether oxygens (including phenoxy) is 1. The Labute approximate surface area is 139 Å². The Morgan fingerprint density at radius 2 is 2.08 bits per heavy atom. The van der Waals surface area contributed by atoms with Gasteiger partial charge in [0.15, 0.2) is 0 Å². The van der Waals surface area contributed by atoms with E-state index in [0.717, 1.165) is 24.8 Å². The molecule has 3 nitrogen and oxygen atoms in total. The van der Waals surface area contributed by atoms with Gasteiger partial charge in [-0.05, 0) is 49.0 Å². The quantitative estimate of drug-likeness (QED) is 0.376. The largest absolute Gasteiger partial charge is 0.573 e. The summed E-state index contributed by atoms with van der Waals surface area (Å²) in [6, 6.07) is 7.92. The first-order chi connectivity index (χ1) is 11.4. The van der Waals surface area contributed by atoms with Crippen LogP contribution < -0.4 is 4.74 Å². The highest BCUT2D eigenvalue weighted by atomic mass is 19.4. The van der Waals surface area contributed by atoms with Crippen LogP contribution in [0.15, 0.2) is 48.1 Å². The summed E-state index contributed by atoms with van der Waals surface area (Å²) >= 11 is 0. The van der Waals surface area contributed by atoms with Crippen molar-refractivity contribution >= 4 is 6.21 Å². The summed E-state index contributed by atoms with van der Waals surface area (Å²) < 4.78 is 40.4. The molecule has 24 heavy (non-hydrogen) atoms. The van der Waals surface area contributed by atoms with Crippen molar-refractivity contribution in [3.05, 3.63) is 53.6 Å². The lowest BCUT2D eigenvalue weighted by molar-refractivity contribution is -0.274. The molecule has 1 N–H and O–H groups in total. The van der Waals surface area contributed by atoms with E-state index in [1.807, 2.05) is 6.08 Å². The Morgan fingerprint density at radius 3 is 2.75 bits per heavy atom. The number of unbranched alkanes of at least 4 members (excludes halogenated alkanes) is 2. The third-order valence-electron chi connectivity index (χ3n) is 3.12. The van der Waals surface area contributed by atoms with E-state index in [4.69, 9.17) is 10.7 Å². The van der Waals surface area contributed by atoms with Crippen LogP contribution in [0.3, 0.4) is 0 Å². The summed E-state index contributed by atoms with van der Waals surface area (Å²) in [7, 11) is 0. The van der Waals surface area contributed by atoms with Crippen molar-refractivity contribution in [1.82, 2.24) is 0 Å². The highest BCUT2D eigenvalue weighted by molar-refractivity contribution is 5.76. The molecule has 6 heteroatoms. The van der Waals surface area contributed by atoms with Gasteiger partial charge in [-0.3, -0.25) is 0 Å². The third-order valence-corrected chi connectivity index (χ3v) is 3.12. The van der Waals surface area contributed by atoms with Crippen LogP contribution in [0.4, 0.5) is 13.2 Å². The molecule has 0 radical (unpaired) electrons. The predicted molar refractivity (Wildman–Crippen MR) is 86.9 cm³/mol. The summed E-state index contributed by atoms with van der Waals surface area (Å²) in [5, 5.41) is 15.8. The summed E-state index contributed by atoms with van der Waals surface area (Å²) in [6.07, 6.45) is 5.32. The third kappa shape index (κ3) is 8.79. The van der Waals surface area contributed by atoms with Crippen LogP contribution in [0.2, 0.25) is 0 Å². The van der Waals surface area contributed by atoms with Gasteiger partial charge in [0.25, 0.3) is 0 Å². The molecular weight excluding hydrogens is 317 g/mol. The van der Waals surface area contributed by atoms with Gasteiger partial charge in [-0.2, -0.15) is 5.26 Å². The molecule has 0 amide bonds. The molecule has 0 saturated carbocycles. The molecule has 1 aromatic rings. The van der Waals surface area contributed by atoms with E-state index >= 15 is 0 Å². The Bertz CT molecular complexity index is 628. The number of rotatable bonds is 9. The van der Waals surface area contributed by atoms with Crippen LogP contribution in [-0.2, 0) is 6.42 Å². The Kier molecular flexibility index (Phi) is 8.34. The van der Waals surface area contributed by atoms with Gasteiger partial charge in [0.05, 0.1) is 6.07 Å². The Balaban J connectivity index is 2.53. The molecule has 0 aromatic heterocycles. The molecule has 0 heterocycles. The van der Waals surface area contributed by atoms with E-state index in [1.54, 1.807) is 18.2 Å². The van der Waals surface area contributed by atoms with E-state index < -0.39 is 6.36 Å². The standard InChI is InChI=1S/C18H19F3N2O/c19-18(20,21)24-17-11-6-10-15(13-17)7-3-4-9-16(14-23)8-2-1-5-12-22/h3-4,6,9-11,13-14,23H,1-2,5,7-8H2/b4-3+,16-9-,23-14?. The van der Waals surface area contributed by atoms with Gasteiger partial charge in [0.2, 0.25) is 0 Å². The van der Waals surface area contributed by atoms with Crippen molar-refractivity contribution in [2.24, 2.45) is 0 Å². The van der Waals surface area contributed by atoms with Crippen LogP contribution in [0.5, 0.6) is 5.75 Å². The van der Waals surface area contributed by atoms with Crippen molar-refractivity contribution in [3.63, 3.8) is 0 Å². The maximum Gasteiger partial charge on any atom is 0.573 e. The van der Waals surface area contributed by atoms with E-state index in [2.05, 4.69) is 10.8 Å². The molecule has 0 unspecified atom stereocenters. The highest BCUT2D eigenvalue weighted by Crippen LogP contribution is 2.23. The number of nitrogens with one attached hydrogen (secondary N) is 1. The summed E-state index contributed by atoms with van der Waals surface area (Å²) in [5.74, 6) is -0.235. The maximum absolute atomic E-state index is 12.2. The number of hydrogen-bond acceptors (Lipinski definition) is 3. The minimum Gasteiger partial charge on any atom is -0.406 e. The average molecular weight is 336 g/mol. The fraction of sp³-hybridized carbons (Fsp3) is 0.333. The summed E-state index contributed by atoms with van der Waals surface area (Å²) in [4.78, 5) is 0. The molecule has 0 spiro atoms. The molecule has 0 aliphatic rings. The Morgan fingerprint density at radius 1 is 1.29 bits per heavy atom. The molecule has 0 bridgehead atoms. The first kappa shape index (κ1) is 19.5. The first-order valence-electron chi connectivity index (χ1n) is 7.52. The molecule has 0 atom stereocenters. The van der Waals surface area contributed by atoms with Crippen LogP contribution in [0.1, 0.15) is 31.2 Å². The maximum atomic E-state index is 12.2. The van der Waals surface area contributed by atoms with Gasteiger partial charge < -0.3 is 10.1 Å². The highest BCUT2D eigenvalue weighted by Gasteiger charge is 2.30. The number of alkyl halides is 3. The minimum absolute atomic E-state index is 0.235. The second-order valence-corrected chi connectivity index (χ2v) is 5.08. The van der Waals surface area contributed by atoms with Crippen LogP contribution in [0.25, 0.3) is 0 Å². The zero-order valence-electron chi connectivity index (χ0n) is 13.1. The molecule has 1 aromatic carbocycles. The van der Waals surface area contributed by atoms with Gasteiger partial charge >= 0.3 is 6.36 Å². The number of nitrogens with zero attached hydrogens (tertiary/aromatic N) is 1. The van der Waals surface area contributed by atoms with Crippen molar-refractivity contribution in [1.29, 1.82) is 10.7 Å². The first-order valence-corrected chi connectivity index (χ1v) is 7.52. The van der Waals surface area contributed by atoms with E-state index in [-0.39, 0.29) is 5.75 Å². The lowest BCUT2D eigenvalue weighted by Crippen LogP contribution is -2.17. The topological polar surface area (TPSA) is 56.9 Å². The number of hydrogen-bond donors (Lipinski definition) is 1. The van der Waals surface area contributed by atoms with Crippen molar-refractivity contribution < 1.29 is 17.9 Å². The second kappa shape index (κ2) is 10.3. The molecule has 0 saturated heterocycles. The van der Waals surface area contributed by atoms with Gasteiger partial charge in [-0.15, -0.1) is 13.2 Å². The van der Waals surface area contributed by atoms with Crippen LogP contribution >= 0.6 is 0 Å². The van der Waals surface area contributed by atoms with Crippen molar-refractivity contribution in [2.75, 3.05) is 0 Å². The number of allylic oxidation sites excluding steroid dienone is 4. The average Bonchev–Trinajstić information content (AvgIpc) is 2.52. The van der Waals surface area contributed by atoms with Crippen molar-refractivity contribution in [2.45, 2.75) is 38.5 Å². The molecule has 0 fully saturated rings. The molecule has 1 rings (SSSR count). The van der Waals surface area contributed by atoms with Gasteiger partial charge in [-0.25, -0.2) is 0 Å². The molecule has 0 aliphatic carbocycles. The SMILES string of the molecule is N#CCCCC/C(C=N)=C/C=C/Cc1cccc(OC(F)(F)F)c1. The van der Waals surface area contributed by atoms with Gasteiger partial charge in [0.1, 0.15) is 5.75 Å². The fourth-order valence-corrected chi connectivity index (χ4v) is 2.00. The lowest BCUT2D eigenvalue weighted by atomic mass is 10.1. The smallest absolute Gasteiger partial charge is 0.406 e. The zero-order valence-corrected chi connectivity index (χ0v) is 13.1. The molecule has 128 valence electrons. The molecule has 0 aliphatic heterocycles.